The lowest BCUT2D eigenvalue weighted by atomic mass is 9.99. The Labute approximate surface area is 196 Å². The van der Waals surface area contributed by atoms with Gasteiger partial charge in [0.05, 0.1) is 17.9 Å². The van der Waals surface area contributed by atoms with Gasteiger partial charge in [-0.25, -0.2) is 0 Å². The lowest BCUT2D eigenvalue weighted by Crippen LogP contribution is -2.31. The van der Waals surface area contributed by atoms with E-state index in [1.165, 1.54) is 5.56 Å². The fourth-order valence-corrected chi connectivity index (χ4v) is 6.20. The maximum absolute atomic E-state index is 6.82. The van der Waals surface area contributed by atoms with Crippen molar-refractivity contribution in [3.63, 3.8) is 0 Å². The van der Waals surface area contributed by atoms with Crippen LogP contribution in [0.5, 0.6) is 23.0 Å². The van der Waals surface area contributed by atoms with Crippen LogP contribution in [0.2, 0.25) is 58.9 Å². The van der Waals surface area contributed by atoms with Crippen LogP contribution in [0.15, 0.2) is 30.3 Å². The van der Waals surface area contributed by atoms with Crippen LogP contribution >= 0.6 is 0 Å². The van der Waals surface area contributed by atoms with E-state index in [9.17, 15) is 0 Å². The summed E-state index contributed by atoms with van der Waals surface area (Å²) in [6.07, 6.45) is 0. The van der Waals surface area contributed by atoms with Crippen LogP contribution < -0.4 is 18.0 Å². The van der Waals surface area contributed by atoms with E-state index in [2.05, 4.69) is 90.1 Å². The van der Waals surface area contributed by atoms with Crippen molar-refractivity contribution in [3.05, 3.63) is 35.9 Å². The van der Waals surface area contributed by atoms with Crippen molar-refractivity contribution in [2.45, 2.75) is 65.8 Å². The van der Waals surface area contributed by atoms with Gasteiger partial charge < -0.3 is 18.0 Å². The summed E-state index contributed by atoms with van der Waals surface area (Å²) in [4.78, 5) is 0. The molecular weight excluding hydrogens is 449 g/mol. The lowest BCUT2D eigenvalue weighted by molar-refractivity contribution is 0.413. The largest absolute Gasteiger partial charge is 0.544 e. The molecule has 0 saturated carbocycles. The summed E-state index contributed by atoms with van der Waals surface area (Å²) in [7, 11) is -3.98. The number of fused-ring (bicyclic) bond motifs is 2. The molecule has 0 saturated heterocycles. The van der Waals surface area contributed by atoms with E-state index in [1.807, 2.05) is 6.07 Å². The zero-order valence-corrected chi connectivity index (χ0v) is 24.5. The highest BCUT2D eigenvalue weighted by Gasteiger charge is 2.27. The molecular formula is C25H38O4Si3. The normalized spacial score (nSPS) is 12.8. The fraction of sp³-hybridized carbons (Fsp3) is 0.440. The van der Waals surface area contributed by atoms with Gasteiger partial charge in [-0.1, -0.05) is 6.07 Å². The Kier molecular flexibility index (Phi) is 6.50. The highest BCUT2D eigenvalue weighted by atomic mass is 28.4. The first-order valence-electron chi connectivity index (χ1n) is 11.2. The van der Waals surface area contributed by atoms with Crippen LogP contribution in [0.25, 0.3) is 21.5 Å². The summed E-state index contributed by atoms with van der Waals surface area (Å²) in [6, 6.07) is 10.6. The van der Waals surface area contributed by atoms with E-state index in [0.29, 0.717) is 0 Å². The van der Waals surface area contributed by atoms with E-state index in [1.54, 1.807) is 7.11 Å². The first kappa shape index (κ1) is 24.7. The Bertz CT molecular complexity index is 1150. The van der Waals surface area contributed by atoms with Gasteiger partial charge in [-0.3, -0.25) is 0 Å². The van der Waals surface area contributed by atoms with E-state index < -0.39 is 25.0 Å². The first-order valence-corrected chi connectivity index (χ1v) is 21.4. The van der Waals surface area contributed by atoms with Crippen molar-refractivity contribution >= 4 is 46.5 Å². The Morgan fingerprint density at radius 3 is 1.50 bits per heavy atom. The van der Waals surface area contributed by atoms with Crippen LogP contribution in [0.4, 0.5) is 0 Å². The van der Waals surface area contributed by atoms with Crippen LogP contribution in [0.3, 0.4) is 0 Å². The number of aryl methyl sites for hydroxylation is 1. The lowest BCUT2D eigenvalue weighted by Gasteiger charge is -2.28. The Balaban J connectivity index is 2.52. The topological polar surface area (TPSA) is 36.9 Å². The maximum Gasteiger partial charge on any atom is 0.242 e. The summed E-state index contributed by atoms with van der Waals surface area (Å²) in [5.74, 6) is 3.40. The molecule has 0 bridgehead atoms. The molecule has 174 valence electrons. The van der Waals surface area contributed by atoms with Gasteiger partial charge in [0.1, 0.15) is 23.0 Å². The molecule has 4 nitrogen and oxygen atoms in total. The van der Waals surface area contributed by atoms with Gasteiger partial charge in [0.2, 0.25) is 25.0 Å². The average molecular weight is 487 g/mol. The number of hydrogen-bond acceptors (Lipinski definition) is 4. The van der Waals surface area contributed by atoms with Crippen molar-refractivity contribution in [1.82, 2.24) is 0 Å². The molecule has 0 unspecified atom stereocenters. The highest BCUT2D eigenvalue weighted by molar-refractivity contribution is 6.71. The van der Waals surface area contributed by atoms with E-state index >= 15 is 0 Å². The standard InChI is InChI=1S/C25H38O4Si3/c1-17-12-18-14-19-15-20(26-2)16-22(28-31(6,7)8)24(19)25(29-32(9,10)11)23(18)21(13-17)27-30(3,4)5/h12-16H,1-11H3. The summed E-state index contributed by atoms with van der Waals surface area (Å²) in [6.45, 7) is 22.0. The molecule has 0 heterocycles. The predicted octanol–water partition coefficient (Wildman–Crippen LogP) is 7.95. The molecule has 0 aliphatic heterocycles. The van der Waals surface area contributed by atoms with E-state index in [0.717, 1.165) is 44.5 Å². The van der Waals surface area contributed by atoms with Crippen LogP contribution in [0.1, 0.15) is 5.56 Å². The van der Waals surface area contributed by atoms with Crippen molar-refractivity contribution in [2.75, 3.05) is 7.11 Å². The number of rotatable bonds is 7. The minimum atomic E-state index is -1.95. The summed E-state index contributed by atoms with van der Waals surface area (Å²) < 4.78 is 25.6. The molecule has 0 spiro atoms. The molecule has 0 N–H and O–H groups in total. The highest BCUT2D eigenvalue weighted by Crippen LogP contribution is 2.47. The third-order valence-corrected chi connectivity index (χ3v) is 7.11. The van der Waals surface area contributed by atoms with Gasteiger partial charge >= 0.3 is 0 Å². The third kappa shape index (κ3) is 5.88. The monoisotopic (exact) mass is 486 g/mol. The molecule has 0 atom stereocenters. The third-order valence-electron chi connectivity index (χ3n) is 4.62. The van der Waals surface area contributed by atoms with Crippen molar-refractivity contribution in [2.24, 2.45) is 0 Å². The quantitative estimate of drug-likeness (QED) is 0.251. The molecule has 7 heteroatoms. The molecule has 3 rings (SSSR count). The number of ether oxygens (including phenoxy) is 1. The van der Waals surface area contributed by atoms with Gasteiger partial charge in [-0.05, 0) is 100 Å². The Hall–Kier alpha value is -1.97. The van der Waals surface area contributed by atoms with Crippen LogP contribution in [-0.4, -0.2) is 32.1 Å². The number of methoxy groups -OCH3 is 1. The summed E-state index contributed by atoms with van der Waals surface area (Å²) in [5.41, 5.74) is 1.17. The Morgan fingerprint density at radius 2 is 1.03 bits per heavy atom. The van der Waals surface area contributed by atoms with E-state index in [4.69, 9.17) is 18.0 Å². The maximum atomic E-state index is 6.82. The second-order valence-electron chi connectivity index (χ2n) is 11.4. The summed E-state index contributed by atoms with van der Waals surface area (Å²) >= 11 is 0. The fourth-order valence-electron chi connectivity index (χ4n) is 3.74. The van der Waals surface area contributed by atoms with Gasteiger partial charge in [0, 0.05) is 6.07 Å². The minimum absolute atomic E-state index is 0.787. The Morgan fingerprint density at radius 1 is 0.562 bits per heavy atom. The van der Waals surface area contributed by atoms with Crippen molar-refractivity contribution in [3.8, 4) is 23.0 Å². The molecule has 0 aromatic heterocycles. The molecule has 0 aliphatic rings. The van der Waals surface area contributed by atoms with Crippen molar-refractivity contribution in [1.29, 1.82) is 0 Å². The molecule has 0 fully saturated rings. The number of benzene rings is 3. The van der Waals surface area contributed by atoms with E-state index in [-0.39, 0.29) is 0 Å². The van der Waals surface area contributed by atoms with Gasteiger partial charge in [-0.15, -0.1) is 0 Å². The zero-order chi connectivity index (χ0) is 24.1. The predicted molar refractivity (Wildman–Crippen MR) is 145 cm³/mol. The average Bonchev–Trinajstić information content (AvgIpc) is 2.56. The zero-order valence-electron chi connectivity index (χ0n) is 21.5. The van der Waals surface area contributed by atoms with Gasteiger partial charge in [0.25, 0.3) is 0 Å². The molecule has 0 aliphatic carbocycles. The first-order chi connectivity index (χ1) is 14.6. The summed E-state index contributed by atoms with van der Waals surface area (Å²) in [5, 5.41) is 4.22. The van der Waals surface area contributed by atoms with Gasteiger partial charge in [0.15, 0.2) is 0 Å². The molecule has 3 aromatic carbocycles. The second-order valence-corrected chi connectivity index (χ2v) is 24.7. The van der Waals surface area contributed by atoms with Crippen LogP contribution in [0, 0.1) is 6.92 Å². The molecule has 32 heavy (non-hydrogen) atoms. The SMILES string of the molecule is COc1cc(O[Si](C)(C)C)c2c(O[Si](C)(C)C)c3c(O[Si](C)(C)C)cc(C)cc3cc2c1. The molecule has 0 amide bonds. The van der Waals surface area contributed by atoms with Crippen molar-refractivity contribution < 1.29 is 18.0 Å². The molecule has 0 radical (unpaired) electrons. The smallest absolute Gasteiger partial charge is 0.242 e. The minimum Gasteiger partial charge on any atom is -0.544 e. The number of hydrogen-bond donors (Lipinski definition) is 0. The molecule has 3 aromatic rings. The second kappa shape index (κ2) is 8.43. The van der Waals surface area contributed by atoms with Crippen LogP contribution in [-0.2, 0) is 0 Å². The van der Waals surface area contributed by atoms with Gasteiger partial charge in [-0.2, -0.15) is 0 Å².